The van der Waals surface area contributed by atoms with Crippen LogP contribution in [0.2, 0.25) is 0 Å². The summed E-state index contributed by atoms with van der Waals surface area (Å²) in [5.74, 6) is -7.96. The number of ether oxygens (including phenoxy) is 8. The van der Waals surface area contributed by atoms with Gasteiger partial charge in [0, 0.05) is 31.7 Å². The average molecular weight is 1090 g/mol. The van der Waals surface area contributed by atoms with Gasteiger partial charge in [0.05, 0.1) is 36.0 Å². The Labute approximate surface area is 452 Å². The van der Waals surface area contributed by atoms with Crippen LogP contribution in [0.3, 0.4) is 0 Å². The molecule has 78 heavy (non-hydrogen) atoms. The number of carbonyl (C=O) groups excluding carboxylic acids is 8. The number of esters is 5. The molecule has 2 aliphatic carbocycles. The van der Waals surface area contributed by atoms with Crippen molar-refractivity contribution >= 4 is 47.8 Å². The highest BCUT2D eigenvalue weighted by atomic mass is 16.6. The first-order valence-corrected chi connectivity index (χ1v) is 25.6. The Hall–Kier alpha value is -7.20. The Balaban J connectivity index is 1.35. The number of aliphatic hydroxyl groups excluding tert-OH is 2. The van der Waals surface area contributed by atoms with E-state index in [0.29, 0.717) is 5.57 Å². The van der Waals surface area contributed by atoms with Gasteiger partial charge >= 0.3 is 42.0 Å². The third-order valence-corrected chi connectivity index (χ3v) is 14.4. The summed E-state index contributed by atoms with van der Waals surface area (Å²) in [6, 6.07) is 22.9. The lowest BCUT2D eigenvalue weighted by Crippen LogP contribution is -2.80. The minimum atomic E-state index is -2.46. The summed E-state index contributed by atoms with van der Waals surface area (Å²) in [4.78, 5) is 109. The summed E-state index contributed by atoms with van der Waals surface area (Å²) in [5, 5.41) is 41.7. The second-order valence-corrected chi connectivity index (χ2v) is 21.6. The van der Waals surface area contributed by atoms with Crippen molar-refractivity contribution in [2.24, 2.45) is 16.7 Å². The molecule has 2 amide bonds. The molecule has 21 heteroatoms. The zero-order chi connectivity index (χ0) is 57.4. The Morgan fingerprint density at radius 3 is 2.03 bits per heavy atom. The Bertz CT molecular complexity index is 2690. The smallest absolute Gasteiger partial charge is 0.408 e. The number of rotatable bonds is 20. The predicted molar refractivity (Wildman–Crippen MR) is 274 cm³/mol. The fourth-order valence-corrected chi connectivity index (χ4v) is 10.5. The Morgan fingerprint density at radius 2 is 1.45 bits per heavy atom. The van der Waals surface area contributed by atoms with E-state index in [4.69, 9.17) is 37.9 Å². The standard InChI is InChI=1S/C57H70N2O19/c1-33-28-54(7,8)57(70,48(76-49(66)38-23-17-12-18-24-38)46-55(9,47(65)34(2)60)40(62)27-41-56(46,32-73-41)77-35(3)61)29-39(33)74-50(67)45(44(37-21-15-11-16-22-37)59-52(69)78-53(4,5)6)75-43(64)31-71-42(63)25-26-58-51(68)72-30-36-19-13-10-14-20-36/h10-24,28,34,39-41,44-46,48,60,62,70H,25-27,29-32H2,1-9H3,(H,58,68)(H,59,69)/t34-,39+,40+,41?,44+,45-,46+,48?,55-,56+,57-/m1/s1. The maximum Gasteiger partial charge on any atom is 0.408 e. The molecule has 0 bridgehead atoms. The molecular formula is C57H70N2O19. The topological polar surface area (TPSA) is 295 Å². The van der Waals surface area contributed by atoms with Gasteiger partial charge in [0.15, 0.2) is 18.0 Å². The molecule has 422 valence electrons. The third-order valence-electron chi connectivity index (χ3n) is 14.4. The monoisotopic (exact) mass is 1090 g/mol. The van der Waals surface area contributed by atoms with Gasteiger partial charge in [0.25, 0.3) is 0 Å². The van der Waals surface area contributed by atoms with E-state index >= 15 is 4.79 Å². The first kappa shape index (κ1) is 60.0. The van der Waals surface area contributed by atoms with Crippen molar-refractivity contribution in [3.63, 3.8) is 0 Å². The van der Waals surface area contributed by atoms with Crippen LogP contribution >= 0.6 is 0 Å². The molecule has 0 radical (unpaired) electrons. The van der Waals surface area contributed by atoms with Crippen LogP contribution in [-0.2, 0) is 68.5 Å². The molecule has 1 saturated carbocycles. The van der Waals surface area contributed by atoms with E-state index in [1.807, 2.05) is 0 Å². The number of fused-ring (bicyclic) bond motifs is 1. The maximum atomic E-state index is 15.0. The molecule has 6 rings (SSSR count). The second-order valence-electron chi connectivity index (χ2n) is 21.6. The number of hydrogen-bond donors (Lipinski definition) is 5. The van der Waals surface area contributed by atoms with Crippen molar-refractivity contribution in [1.82, 2.24) is 10.6 Å². The lowest BCUT2D eigenvalue weighted by Gasteiger charge is -2.65. The van der Waals surface area contributed by atoms with E-state index in [-0.39, 0.29) is 37.3 Å². The Kier molecular flexibility index (Phi) is 19.0. The van der Waals surface area contributed by atoms with Gasteiger partial charge in [-0.2, -0.15) is 0 Å². The Morgan fingerprint density at radius 1 is 0.833 bits per heavy atom. The average Bonchev–Trinajstić information content (AvgIpc) is 3.54. The fourth-order valence-electron chi connectivity index (χ4n) is 10.5. The molecule has 0 aromatic heterocycles. The van der Waals surface area contributed by atoms with Gasteiger partial charge in [0.1, 0.15) is 48.3 Å². The van der Waals surface area contributed by atoms with E-state index in [0.717, 1.165) is 12.5 Å². The van der Waals surface area contributed by atoms with Crippen LogP contribution < -0.4 is 10.6 Å². The van der Waals surface area contributed by atoms with Crippen molar-refractivity contribution in [3.05, 3.63) is 119 Å². The molecule has 5 N–H and O–H groups in total. The van der Waals surface area contributed by atoms with Gasteiger partial charge in [-0.1, -0.05) is 98.8 Å². The van der Waals surface area contributed by atoms with Gasteiger partial charge in [-0.25, -0.2) is 24.0 Å². The van der Waals surface area contributed by atoms with Crippen molar-refractivity contribution < 1.29 is 91.6 Å². The molecule has 3 aromatic carbocycles. The molecule has 1 aliphatic heterocycles. The predicted octanol–water partition coefficient (Wildman–Crippen LogP) is 5.31. The van der Waals surface area contributed by atoms with Crippen LogP contribution in [0.15, 0.2) is 103 Å². The van der Waals surface area contributed by atoms with Gasteiger partial charge < -0.3 is 63.8 Å². The van der Waals surface area contributed by atoms with E-state index in [2.05, 4.69) is 10.6 Å². The molecule has 21 nitrogen and oxygen atoms in total. The highest BCUT2D eigenvalue weighted by molar-refractivity contribution is 5.91. The number of ketones is 1. The number of amides is 2. The lowest BCUT2D eigenvalue weighted by molar-refractivity contribution is -0.343. The number of carbonyl (C=O) groups is 8. The molecule has 2 unspecified atom stereocenters. The quantitative estimate of drug-likeness (QED) is 0.0544. The molecule has 1 saturated heterocycles. The first-order valence-electron chi connectivity index (χ1n) is 25.6. The lowest BCUT2D eigenvalue weighted by atomic mass is 9.48. The molecule has 3 aromatic rings. The van der Waals surface area contributed by atoms with Crippen LogP contribution in [0.4, 0.5) is 9.59 Å². The molecule has 3 aliphatic rings. The van der Waals surface area contributed by atoms with Crippen LogP contribution in [0.5, 0.6) is 0 Å². The number of alkyl carbamates (subject to hydrolysis) is 2. The van der Waals surface area contributed by atoms with Crippen molar-refractivity contribution in [2.75, 3.05) is 19.8 Å². The van der Waals surface area contributed by atoms with Crippen molar-refractivity contribution in [3.8, 4) is 0 Å². The van der Waals surface area contributed by atoms with Gasteiger partial charge in [-0.05, 0) is 70.4 Å². The van der Waals surface area contributed by atoms with Crippen LogP contribution in [-0.4, -0.2) is 136 Å². The van der Waals surface area contributed by atoms with Crippen molar-refractivity contribution in [2.45, 2.75) is 148 Å². The number of hydrogen-bond acceptors (Lipinski definition) is 19. The minimum Gasteiger partial charge on any atom is -0.455 e. The highest BCUT2D eigenvalue weighted by Crippen LogP contribution is 2.61. The fraction of sp³-hybridized carbons (Fsp3) is 0.509. The number of aliphatic hydroxyl groups is 3. The molecule has 11 atom stereocenters. The first-order chi connectivity index (χ1) is 36.6. The van der Waals surface area contributed by atoms with E-state index in [1.165, 1.54) is 38.1 Å². The second kappa shape index (κ2) is 24.6. The SMILES string of the molecule is CC(=O)O[C@@]12COC1C[C@H](O)[C@@](C)(C(=O)[C@@H](C)O)[C@@H]2C(OC(=O)c1ccccc1)[C@]1(O)C[C@H](OC(=O)[C@H](OC(=O)COC(=O)CCNC(=O)OCc2ccccc2)[C@@H](NC(=O)OC(C)(C)C)c2ccccc2)C(C)=CC1(C)C. The van der Waals surface area contributed by atoms with Gasteiger partial charge in [-0.15, -0.1) is 0 Å². The third kappa shape index (κ3) is 13.7. The summed E-state index contributed by atoms with van der Waals surface area (Å²) >= 11 is 0. The molecule has 1 heterocycles. The van der Waals surface area contributed by atoms with E-state index < -0.39 is 143 Å². The zero-order valence-electron chi connectivity index (χ0n) is 45.2. The van der Waals surface area contributed by atoms with E-state index in [9.17, 15) is 48.9 Å². The highest BCUT2D eigenvalue weighted by Gasteiger charge is 2.75. The summed E-state index contributed by atoms with van der Waals surface area (Å²) < 4.78 is 46.2. The minimum absolute atomic E-state index is 0.00736. The molecule has 0 spiro atoms. The summed E-state index contributed by atoms with van der Waals surface area (Å²) in [5.41, 5.74) is -7.72. The van der Waals surface area contributed by atoms with Crippen LogP contribution in [0.25, 0.3) is 0 Å². The number of benzene rings is 3. The van der Waals surface area contributed by atoms with Gasteiger partial charge in [-0.3, -0.25) is 14.4 Å². The van der Waals surface area contributed by atoms with Crippen LogP contribution in [0, 0.1) is 16.7 Å². The summed E-state index contributed by atoms with van der Waals surface area (Å²) in [6.45, 7) is 11.5. The van der Waals surface area contributed by atoms with E-state index in [1.54, 1.807) is 114 Å². The number of Topliss-reactive ketones (excluding diaryl/α,β-unsaturated/α-hetero) is 1. The van der Waals surface area contributed by atoms with Crippen LogP contribution in [0.1, 0.15) is 109 Å². The largest absolute Gasteiger partial charge is 0.455 e. The van der Waals surface area contributed by atoms with Crippen molar-refractivity contribution in [1.29, 1.82) is 0 Å². The summed E-state index contributed by atoms with van der Waals surface area (Å²) in [7, 11) is 0. The maximum absolute atomic E-state index is 15.0. The molecular weight excluding hydrogens is 1020 g/mol. The normalized spacial score (nSPS) is 25.7. The number of nitrogens with one attached hydrogen (secondary N) is 2. The molecule has 2 fully saturated rings. The summed E-state index contributed by atoms with van der Waals surface area (Å²) in [6.07, 6.45) is -11.6. The van der Waals surface area contributed by atoms with Gasteiger partial charge in [0.2, 0.25) is 6.10 Å². The zero-order valence-corrected chi connectivity index (χ0v) is 45.2.